The molecule has 1 aliphatic rings. The van der Waals surface area contributed by atoms with Crippen LogP contribution in [0.3, 0.4) is 0 Å². The number of hydrogen-bond donors (Lipinski definition) is 1. The van der Waals surface area contributed by atoms with Gasteiger partial charge in [-0.25, -0.2) is 4.98 Å². The summed E-state index contributed by atoms with van der Waals surface area (Å²) in [5, 5.41) is 0. The van der Waals surface area contributed by atoms with E-state index in [1.54, 1.807) is 36.5 Å². The fourth-order valence-corrected chi connectivity index (χ4v) is 3.95. The van der Waals surface area contributed by atoms with Gasteiger partial charge < -0.3 is 20.1 Å². The number of piperidine rings is 1. The smallest absolute Gasteiger partial charge is 0.254 e. The van der Waals surface area contributed by atoms with Crippen molar-refractivity contribution >= 4 is 17.4 Å². The lowest BCUT2D eigenvalue weighted by atomic mass is 9.91. The number of allylic oxidation sites excluding steroid dienone is 1. The van der Waals surface area contributed by atoms with Crippen LogP contribution < -0.4 is 20.1 Å². The van der Waals surface area contributed by atoms with E-state index in [2.05, 4.69) is 16.5 Å². The molecule has 1 aromatic heterocycles. The molecule has 7 nitrogen and oxygen atoms in total. The molecule has 1 amide bonds. The van der Waals surface area contributed by atoms with E-state index in [9.17, 15) is 9.59 Å². The van der Waals surface area contributed by atoms with Crippen molar-refractivity contribution < 1.29 is 19.1 Å². The molecule has 0 bridgehead atoms. The van der Waals surface area contributed by atoms with Crippen molar-refractivity contribution in [1.82, 2.24) is 4.98 Å². The first-order valence-electron chi connectivity index (χ1n) is 11.2. The number of rotatable bonds is 9. The fraction of sp³-hybridized carbons (Fsp3) is 0.222. The molecule has 34 heavy (non-hydrogen) atoms. The average Bonchev–Trinajstić information content (AvgIpc) is 2.86. The van der Waals surface area contributed by atoms with E-state index in [0.29, 0.717) is 23.8 Å². The van der Waals surface area contributed by atoms with E-state index in [0.717, 1.165) is 37.4 Å². The van der Waals surface area contributed by atoms with Crippen LogP contribution in [0.25, 0.3) is 0 Å². The molecule has 7 heteroatoms. The Morgan fingerprint density at radius 2 is 1.62 bits per heavy atom. The summed E-state index contributed by atoms with van der Waals surface area (Å²) in [7, 11) is 0. The van der Waals surface area contributed by atoms with E-state index in [4.69, 9.17) is 15.2 Å². The zero-order chi connectivity index (χ0) is 23.9. The number of nitrogens with zero attached hydrogens (tertiary/aromatic N) is 2. The SMILES string of the molecule is C=CC(=O)CC1CCN(c2cnc(Oc3ccc(Oc4ccccc4)cc3)c(C(N)=O)c2)CC1. The van der Waals surface area contributed by atoms with Gasteiger partial charge in [-0.3, -0.25) is 9.59 Å². The van der Waals surface area contributed by atoms with Crippen LogP contribution in [0.2, 0.25) is 0 Å². The Hall–Kier alpha value is -4.13. The van der Waals surface area contributed by atoms with Crippen molar-refractivity contribution in [3.8, 4) is 23.1 Å². The minimum absolute atomic E-state index is 0.0808. The maximum absolute atomic E-state index is 12.1. The molecule has 0 radical (unpaired) electrons. The van der Waals surface area contributed by atoms with Gasteiger partial charge in [0.2, 0.25) is 5.88 Å². The van der Waals surface area contributed by atoms with E-state index >= 15 is 0 Å². The Kier molecular flexibility index (Phi) is 7.22. The van der Waals surface area contributed by atoms with Crippen molar-refractivity contribution in [2.24, 2.45) is 11.7 Å². The van der Waals surface area contributed by atoms with Gasteiger partial charge in [0.1, 0.15) is 22.8 Å². The zero-order valence-corrected chi connectivity index (χ0v) is 18.9. The van der Waals surface area contributed by atoms with Gasteiger partial charge in [0.15, 0.2) is 5.78 Å². The summed E-state index contributed by atoms with van der Waals surface area (Å²) in [6.45, 7) is 5.10. The second-order valence-electron chi connectivity index (χ2n) is 8.20. The number of hydrogen-bond acceptors (Lipinski definition) is 6. The van der Waals surface area contributed by atoms with Gasteiger partial charge in [0.25, 0.3) is 5.91 Å². The summed E-state index contributed by atoms with van der Waals surface area (Å²) >= 11 is 0. The van der Waals surface area contributed by atoms with Crippen LogP contribution in [0.5, 0.6) is 23.1 Å². The number of ether oxygens (including phenoxy) is 2. The second-order valence-corrected chi connectivity index (χ2v) is 8.20. The van der Waals surface area contributed by atoms with Gasteiger partial charge in [-0.2, -0.15) is 0 Å². The third kappa shape index (κ3) is 5.81. The standard InChI is InChI=1S/C27H27N3O4/c1-2-21(31)16-19-12-14-30(15-13-19)20-17-25(26(28)32)27(29-18-20)34-24-10-8-23(9-11-24)33-22-6-4-3-5-7-22/h2-11,17-19H,1,12-16H2,(H2,28,32). The summed E-state index contributed by atoms with van der Waals surface area (Å²) in [6.07, 6.45) is 5.38. The van der Waals surface area contributed by atoms with Crippen LogP contribution in [0.15, 0.2) is 79.5 Å². The van der Waals surface area contributed by atoms with Gasteiger partial charge in [-0.1, -0.05) is 24.8 Å². The Morgan fingerprint density at radius 3 is 2.24 bits per heavy atom. The largest absolute Gasteiger partial charge is 0.457 e. The van der Waals surface area contributed by atoms with E-state index in [1.807, 2.05) is 30.3 Å². The molecule has 1 fully saturated rings. The van der Waals surface area contributed by atoms with Crippen LogP contribution >= 0.6 is 0 Å². The Morgan fingerprint density at radius 1 is 1.00 bits per heavy atom. The fourth-order valence-electron chi connectivity index (χ4n) is 3.95. The molecule has 2 heterocycles. The topological polar surface area (TPSA) is 94.8 Å². The highest BCUT2D eigenvalue weighted by molar-refractivity contribution is 5.96. The van der Waals surface area contributed by atoms with E-state index < -0.39 is 5.91 Å². The van der Waals surface area contributed by atoms with Gasteiger partial charge >= 0.3 is 0 Å². The summed E-state index contributed by atoms with van der Waals surface area (Å²) in [6, 6.07) is 18.2. The Bertz CT molecular complexity index is 1150. The van der Waals surface area contributed by atoms with Gasteiger partial charge in [0.05, 0.1) is 11.9 Å². The van der Waals surface area contributed by atoms with Crippen LogP contribution in [-0.2, 0) is 4.79 Å². The number of amides is 1. The number of ketones is 1. The quantitative estimate of drug-likeness (QED) is 0.448. The predicted molar refractivity (Wildman–Crippen MR) is 131 cm³/mol. The highest BCUT2D eigenvalue weighted by atomic mass is 16.5. The molecule has 0 unspecified atom stereocenters. The van der Waals surface area contributed by atoms with Crippen LogP contribution in [0.1, 0.15) is 29.6 Å². The lowest BCUT2D eigenvalue weighted by molar-refractivity contribution is -0.115. The lowest BCUT2D eigenvalue weighted by Gasteiger charge is -2.33. The molecule has 1 aliphatic heterocycles. The molecule has 1 saturated heterocycles. The van der Waals surface area contributed by atoms with Crippen molar-refractivity contribution in [1.29, 1.82) is 0 Å². The highest BCUT2D eigenvalue weighted by Gasteiger charge is 2.23. The molecule has 174 valence electrons. The first-order valence-corrected chi connectivity index (χ1v) is 11.2. The number of carbonyl (C=O) groups excluding carboxylic acids is 2. The van der Waals surface area contributed by atoms with Gasteiger partial charge in [-0.15, -0.1) is 0 Å². The number of pyridine rings is 1. The predicted octanol–water partition coefficient (Wildman–Crippen LogP) is 5.13. The maximum atomic E-state index is 12.1. The number of carbonyl (C=O) groups is 2. The minimum Gasteiger partial charge on any atom is -0.457 e. The Labute approximate surface area is 198 Å². The number of para-hydroxylation sites is 1. The van der Waals surface area contributed by atoms with Crippen molar-refractivity contribution in [3.05, 3.63) is 85.1 Å². The molecule has 4 rings (SSSR count). The van der Waals surface area contributed by atoms with Crippen molar-refractivity contribution in [3.63, 3.8) is 0 Å². The molecular formula is C27H27N3O4. The van der Waals surface area contributed by atoms with E-state index in [1.165, 1.54) is 6.08 Å². The van der Waals surface area contributed by atoms with E-state index in [-0.39, 0.29) is 17.2 Å². The van der Waals surface area contributed by atoms with Gasteiger partial charge in [0, 0.05) is 19.5 Å². The number of primary amides is 1. The third-order valence-electron chi connectivity index (χ3n) is 5.82. The number of benzene rings is 2. The summed E-state index contributed by atoms with van der Waals surface area (Å²) < 4.78 is 11.6. The lowest BCUT2D eigenvalue weighted by Crippen LogP contribution is -2.34. The van der Waals surface area contributed by atoms with Crippen LogP contribution in [-0.4, -0.2) is 29.8 Å². The molecular weight excluding hydrogens is 430 g/mol. The molecule has 2 aromatic carbocycles. The van der Waals surface area contributed by atoms with Gasteiger partial charge in [-0.05, 0) is 67.3 Å². The monoisotopic (exact) mass is 457 g/mol. The third-order valence-corrected chi connectivity index (χ3v) is 5.82. The average molecular weight is 458 g/mol. The highest BCUT2D eigenvalue weighted by Crippen LogP contribution is 2.31. The molecule has 0 aliphatic carbocycles. The normalized spacial score (nSPS) is 13.8. The maximum Gasteiger partial charge on any atom is 0.254 e. The first-order chi connectivity index (χ1) is 16.5. The summed E-state index contributed by atoms with van der Waals surface area (Å²) in [4.78, 5) is 30.3. The van der Waals surface area contributed by atoms with Crippen LogP contribution in [0, 0.1) is 5.92 Å². The Balaban J connectivity index is 1.42. The molecule has 0 atom stereocenters. The summed E-state index contributed by atoms with van der Waals surface area (Å²) in [5.74, 6) is 1.88. The van der Waals surface area contributed by atoms with Crippen molar-refractivity contribution in [2.75, 3.05) is 18.0 Å². The number of anilines is 1. The van der Waals surface area contributed by atoms with Crippen molar-refractivity contribution in [2.45, 2.75) is 19.3 Å². The molecule has 0 spiro atoms. The number of nitrogens with two attached hydrogens (primary N) is 1. The molecule has 0 saturated carbocycles. The molecule has 3 aromatic rings. The summed E-state index contributed by atoms with van der Waals surface area (Å²) in [5.41, 5.74) is 6.65. The second kappa shape index (κ2) is 10.7. The zero-order valence-electron chi connectivity index (χ0n) is 18.9. The molecule has 2 N–H and O–H groups in total. The first kappa shape index (κ1) is 23.0. The minimum atomic E-state index is -0.611. The van der Waals surface area contributed by atoms with Crippen LogP contribution in [0.4, 0.5) is 5.69 Å². The number of aromatic nitrogens is 1.